The predicted molar refractivity (Wildman–Crippen MR) is 117 cm³/mol. The molecule has 8 amide bonds. The second kappa shape index (κ2) is 10.1. The standard InChI is InChI=1S/C19H23N7O8S/c1-2-24-8-9-25(17(30)16(24)29)18(31)22-13(11-6-4-3-5-7-11)14(27)21-12-10-26(15(12)28)19(32)23-35(20,33)34/h3-7,12-13H,2,8-10H2,1H3,(H,21,27)(H,22,31)(H,23,32)(H2,20,33,34)/t12-,13?/m0/s1. The van der Waals surface area contributed by atoms with Gasteiger partial charge in [0.2, 0.25) is 5.91 Å². The summed E-state index contributed by atoms with van der Waals surface area (Å²) in [6, 6.07) is 3.16. The molecule has 0 aliphatic carbocycles. The maximum absolute atomic E-state index is 13.0. The molecule has 188 valence electrons. The minimum Gasteiger partial charge on any atom is -0.341 e. The fourth-order valence-corrected chi connectivity index (χ4v) is 3.82. The molecule has 0 radical (unpaired) electrons. The van der Waals surface area contributed by atoms with Gasteiger partial charge in [-0.2, -0.15) is 8.42 Å². The maximum atomic E-state index is 13.0. The number of urea groups is 2. The quantitative estimate of drug-likeness (QED) is 0.235. The fraction of sp³-hybridized carbons (Fsp3) is 0.368. The average Bonchev–Trinajstić information content (AvgIpc) is 2.80. The third-order valence-corrected chi connectivity index (χ3v) is 5.78. The lowest BCUT2D eigenvalue weighted by Gasteiger charge is -2.37. The van der Waals surface area contributed by atoms with E-state index < -0.39 is 58.0 Å². The second-order valence-electron chi connectivity index (χ2n) is 7.60. The number of piperazine rings is 1. The van der Waals surface area contributed by atoms with Gasteiger partial charge in [0.05, 0.1) is 6.54 Å². The molecule has 3 rings (SSSR count). The predicted octanol–water partition coefficient (Wildman–Crippen LogP) is -2.63. The van der Waals surface area contributed by atoms with Crippen LogP contribution in [0.25, 0.3) is 0 Å². The number of β-lactam (4-membered cyclic amide) rings is 1. The van der Waals surface area contributed by atoms with E-state index in [0.29, 0.717) is 21.9 Å². The van der Waals surface area contributed by atoms with Gasteiger partial charge in [-0.05, 0) is 12.5 Å². The Kier molecular flexibility index (Phi) is 7.35. The number of amides is 8. The van der Waals surface area contributed by atoms with Gasteiger partial charge in [-0.3, -0.25) is 29.0 Å². The summed E-state index contributed by atoms with van der Waals surface area (Å²) in [7, 11) is -4.38. The zero-order valence-corrected chi connectivity index (χ0v) is 19.3. The molecule has 1 aromatic carbocycles. The van der Waals surface area contributed by atoms with Crippen molar-refractivity contribution in [3.8, 4) is 0 Å². The molecule has 0 aromatic heterocycles. The van der Waals surface area contributed by atoms with Gasteiger partial charge in [0.15, 0.2) is 0 Å². The van der Waals surface area contributed by atoms with E-state index in [1.165, 1.54) is 21.8 Å². The number of carbonyl (C=O) groups is 6. The van der Waals surface area contributed by atoms with Gasteiger partial charge in [-0.15, -0.1) is 0 Å². The molecule has 0 spiro atoms. The number of nitrogens with two attached hydrogens (primary N) is 1. The number of likely N-dealkylation sites (tertiary alicyclic amines) is 1. The molecule has 5 N–H and O–H groups in total. The van der Waals surface area contributed by atoms with Crippen LogP contribution >= 0.6 is 0 Å². The van der Waals surface area contributed by atoms with Crippen molar-refractivity contribution in [3.63, 3.8) is 0 Å². The van der Waals surface area contributed by atoms with Crippen molar-refractivity contribution in [3.05, 3.63) is 35.9 Å². The average molecular weight is 510 g/mol. The van der Waals surface area contributed by atoms with Crippen molar-refractivity contribution in [1.82, 2.24) is 30.1 Å². The SMILES string of the molecule is CCN1CCN(C(=O)NC(C(=O)N[C@H]2CN(C(=O)NS(N)(=O)=O)C2=O)c2ccccc2)C(=O)C1=O. The summed E-state index contributed by atoms with van der Waals surface area (Å²) in [4.78, 5) is 76.7. The summed E-state index contributed by atoms with van der Waals surface area (Å²) in [5.74, 6) is -3.60. The van der Waals surface area contributed by atoms with Crippen molar-refractivity contribution < 1.29 is 37.2 Å². The first-order valence-electron chi connectivity index (χ1n) is 10.4. The monoisotopic (exact) mass is 509 g/mol. The van der Waals surface area contributed by atoms with Crippen LogP contribution in [-0.4, -0.2) is 91.0 Å². The highest BCUT2D eigenvalue weighted by Crippen LogP contribution is 2.17. The molecule has 35 heavy (non-hydrogen) atoms. The highest BCUT2D eigenvalue weighted by molar-refractivity contribution is 7.87. The molecule has 1 unspecified atom stereocenters. The number of imide groups is 2. The number of nitrogens with one attached hydrogen (secondary N) is 3. The molecule has 1 aromatic rings. The van der Waals surface area contributed by atoms with Crippen LogP contribution < -0.4 is 20.5 Å². The van der Waals surface area contributed by atoms with Crippen LogP contribution in [0.15, 0.2) is 30.3 Å². The van der Waals surface area contributed by atoms with E-state index in [1.807, 2.05) is 0 Å². The summed E-state index contributed by atoms with van der Waals surface area (Å²) in [5, 5.41) is 9.48. The number of likely N-dealkylation sites (N-methyl/N-ethyl adjacent to an activating group) is 1. The Morgan fingerprint density at radius 3 is 2.26 bits per heavy atom. The Balaban J connectivity index is 1.70. The first-order chi connectivity index (χ1) is 16.4. The van der Waals surface area contributed by atoms with E-state index >= 15 is 0 Å². The minimum absolute atomic E-state index is 0.0669. The highest BCUT2D eigenvalue weighted by Gasteiger charge is 2.44. The number of benzene rings is 1. The molecule has 2 atom stereocenters. The van der Waals surface area contributed by atoms with Gasteiger partial charge in [0.25, 0.3) is 16.1 Å². The third-order valence-electron chi connectivity index (χ3n) is 5.32. The summed E-state index contributed by atoms with van der Waals surface area (Å²) in [6.45, 7) is 1.73. The molecule has 2 fully saturated rings. The zero-order valence-electron chi connectivity index (χ0n) is 18.5. The van der Waals surface area contributed by atoms with Gasteiger partial charge in [0, 0.05) is 19.6 Å². The summed E-state index contributed by atoms with van der Waals surface area (Å²) < 4.78 is 23.3. The molecule has 2 aliphatic rings. The molecule has 2 saturated heterocycles. The van der Waals surface area contributed by atoms with E-state index in [2.05, 4.69) is 10.6 Å². The molecular formula is C19H23N7O8S. The lowest BCUT2D eigenvalue weighted by Crippen LogP contribution is -2.68. The van der Waals surface area contributed by atoms with Gasteiger partial charge < -0.3 is 15.5 Å². The zero-order chi connectivity index (χ0) is 25.9. The molecule has 15 nitrogen and oxygen atoms in total. The van der Waals surface area contributed by atoms with Crippen molar-refractivity contribution in [2.45, 2.75) is 19.0 Å². The number of rotatable bonds is 6. The Hall–Kier alpha value is -4.05. The van der Waals surface area contributed by atoms with Crippen LogP contribution in [0, 0.1) is 0 Å². The largest absolute Gasteiger partial charge is 0.341 e. The number of hydrogen-bond acceptors (Lipinski definition) is 8. The third kappa shape index (κ3) is 5.72. The van der Waals surface area contributed by atoms with E-state index in [0.717, 1.165) is 0 Å². The van der Waals surface area contributed by atoms with Gasteiger partial charge in [-0.25, -0.2) is 19.5 Å². The summed E-state index contributed by atoms with van der Waals surface area (Å²) in [6.07, 6.45) is 0. The van der Waals surface area contributed by atoms with Crippen LogP contribution in [0.3, 0.4) is 0 Å². The Morgan fingerprint density at radius 2 is 1.69 bits per heavy atom. The Morgan fingerprint density at radius 1 is 1.03 bits per heavy atom. The maximum Gasteiger partial charge on any atom is 0.338 e. The van der Waals surface area contributed by atoms with Gasteiger partial charge >= 0.3 is 23.9 Å². The molecule has 0 saturated carbocycles. The lowest BCUT2D eigenvalue weighted by atomic mass is 10.0. The molecule has 2 aliphatic heterocycles. The second-order valence-corrected chi connectivity index (χ2v) is 8.89. The van der Waals surface area contributed by atoms with Crippen LogP contribution in [0.4, 0.5) is 9.59 Å². The van der Waals surface area contributed by atoms with E-state index in [-0.39, 0.29) is 19.6 Å². The van der Waals surface area contributed by atoms with E-state index in [9.17, 15) is 37.2 Å². The number of nitrogens with zero attached hydrogens (tertiary/aromatic N) is 3. The van der Waals surface area contributed by atoms with Crippen molar-refractivity contribution in [2.24, 2.45) is 5.14 Å². The molecule has 16 heteroatoms. The normalized spacial score (nSPS) is 19.1. The van der Waals surface area contributed by atoms with Crippen LogP contribution in [0.1, 0.15) is 18.5 Å². The Bertz CT molecular complexity index is 1170. The lowest BCUT2D eigenvalue weighted by molar-refractivity contribution is -0.153. The van der Waals surface area contributed by atoms with Gasteiger partial charge in [-0.1, -0.05) is 30.3 Å². The fourth-order valence-electron chi connectivity index (χ4n) is 3.47. The molecule has 2 heterocycles. The van der Waals surface area contributed by atoms with Crippen molar-refractivity contribution in [2.75, 3.05) is 26.2 Å². The van der Waals surface area contributed by atoms with E-state index in [4.69, 9.17) is 5.14 Å². The van der Waals surface area contributed by atoms with E-state index in [1.54, 1.807) is 25.1 Å². The topological polar surface area (TPSA) is 208 Å². The Labute approximate surface area is 199 Å². The smallest absolute Gasteiger partial charge is 0.338 e. The first kappa shape index (κ1) is 25.6. The van der Waals surface area contributed by atoms with Crippen LogP contribution in [0.5, 0.6) is 0 Å². The van der Waals surface area contributed by atoms with Crippen LogP contribution in [-0.2, 0) is 29.4 Å². The number of carbonyl (C=O) groups excluding carboxylic acids is 6. The highest BCUT2D eigenvalue weighted by atomic mass is 32.2. The number of hydrogen-bond donors (Lipinski definition) is 4. The van der Waals surface area contributed by atoms with Crippen molar-refractivity contribution in [1.29, 1.82) is 0 Å². The molecular weight excluding hydrogens is 486 g/mol. The van der Waals surface area contributed by atoms with Crippen molar-refractivity contribution >= 4 is 45.9 Å². The van der Waals surface area contributed by atoms with Crippen LogP contribution in [0.2, 0.25) is 0 Å². The minimum atomic E-state index is -4.38. The summed E-state index contributed by atoms with van der Waals surface area (Å²) in [5.41, 5.74) is 0.319. The summed E-state index contributed by atoms with van der Waals surface area (Å²) >= 11 is 0. The first-order valence-corrected chi connectivity index (χ1v) is 11.9. The van der Waals surface area contributed by atoms with Gasteiger partial charge in [0.1, 0.15) is 12.1 Å². The molecule has 0 bridgehead atoms.